The van der Waals surface area contributed by atoms with Crippen LogP contribution >= 0.6 is 0 Å². The number of aromatic amines is 1. The van der Waals surface area contributed by atoms with Crippen LogP contribution < -0.4 is 0 Å². The molecule has 49 heavy (non-hydrogen) atoms. The van der Waals surface area contributed by atoms with Gasteiger partial charge in [-0.15, -0.1) is 0 Å². The minimum Gasteiger partial charge on any atom is -0.354 e. The summed E-state index contributed by atoms with van der Waals surface area (Å²) in [5.74, 6) is 0. The maximum atomic E-state index is 3.76. The van der Waals surface area contributed by atoms with Gasteiger partial charge in [-0.05, 0) is 111 Å². The van der Waals surface area contributed by atoms with Crippen molar-refractivity contribution in [2.45, 2.75) is 0 Å². The molecule has 0 fully saturated rings. The fraction of sp³-hybridized carbons (Fsp3) is 0. The first kappa shape index (κ1) is 26.6. The molecule has 10 aromatic carbocycles. The number of H-pyrrole nitrogens is 1. The van der Waals surface area contributed by atoms with E-state index in [2.05, 4.69) is 175 Å². The van der Waals surface area contributed by atoms with Crippen LogP contribution in [0.15, 0.2) is 170 Å². The highest BCUT2D eigenvalue weighted by Gasteiger charge is 2.18. The van der Waals surface area contributed by atoms with E-state index in [9.17, 15) is 0 Å². The largest absolute Gasteiger partial charge is 0.354 e. The molecular weight excluding hydrogens is 591 g/mol. The van der Waals surface area contributed by atoms with Crippen LogP contribution in [0.25, 0.3) is 109 Å². The highest BCUT2D eigenvalue weighted by molar-refractivity contribution is 6.27. The second-order valence-electron chi connectivity index (χ2n) is 13.3. The van der Waals surface area contributed by atoms with Crippen LogP contribution in [0.1, 0.15) is 0 Å². The van der Waals surface area contributed by atoms with Crippen molar-refractivity contribution in [1.29, 1.82) is 0 Å². The van der Waals surface area contributed by atoms with E-state index in [1.54, 1.807) is 0 Å². The molecule has 0 saturated carbocycles. The van der Waals surface area contributed by atoms with Crippen molar-refractivity contribution in [2.24, 2.45) is 0 Å². The van der Waals surface area contributed by atoms with Gasteiger partial charge >= 0.3 is 0 Å². The Morgan fingerprint density at radius 3 is 1.18 bits per heavy atom. The van der Waals surface area contributed by atoms with Crippen LogP contribution in [0.5, 0.6) is 0 Å². The maximum absolute atomic E-state index is 3.76. The number of hydrogen-bond donors (Lipinski definition) is 1. The summed E-state index contributed by atoms with van der Waals surface area (Å²) in [7, 11) is 0. The Kier molecular flexibility index (Phi) is 5.45. The molecule has 0 saturated heterocycles. The normalized spacial score (nSPS) is 12.1. The highest BCUT2D eigenvalue weighted by Crippen LogP contribution is 2.46. The Labute approximate surface area is 282 Å². The predicted molar refractivity (Wildman–Crippen MR) is 212 cm³/mol. The molecule has 226 valence electrons. The summed E-state index contributed by atoms with van der Waals surface area (Å²) < 4.78 is 0. The number of nitrogens with one attached hydrogen (secondary N) is 1. The smallest absolute Gasteiger partial charge is 0.0471 e. The summed E-state index contributed by atoms with van der Waals surface area (Å²) in [5.41, 5.74) is 7.36. The molecule has 0 unspecified atom stereocenters. The topological polar surface area (TPSA) is 15.8 Å². The van der Waals surface area contributed by atoms with Crippen molar-refractivity contribution < 1.29 is 0 Å². The summed E-state index contributed by atoms with van der Waals surface area (Å²) >= 11 is 0. The molecule has 0 spiro atoms. The van der Waals surface area contributed by atoms with Crippen LogP contribution in [0.3, 0.4) is 0 Å². The zero-order valence-corrected chi connectivity index (χ0v) is 26.7. The Balaban J connectivity index is 1.19. The Morgan fingerprint density at radius 2 is 0.633 bits per heavy atom. The molecule has 11 aromatic rings. The van der Waals surface area contributed by atoms with E-state index in [1.165, 1.54) is 103 Å². The standard InChI is InChI=1S/C48H29N/c1-2-12-30-27-46-44(25-29(30)11-1)38-24-22-32(28-45(38)49-46)48-41-19-9-7-17-39(41)47(40-18-8-10-20-42(40)48)31-21-23-37-35-15-4-3-13-33(35)34-14-5-6-16-36(34)43(37)26-31/h1-28,49H. The SMILES string of the molecule is c1ccc2cc3c(cc2c1)[nH]c1cc(-c2c4ccccc4c(-c4ccc5c6ccccc6c6ccccc6c5c4)c4ccccc24)ccc13. The number of fused-ring (bicyclic) bond motifs is 12. The molecule has 0 aliphatic carbocycles. The van der Waals surface area contributed by atoms with E-state index in [-0.39, 0.29) is 0 Å². The minimum atomic E-state index is 1.16. The van der Waals surface area contributed by atoms with Crippen LogP contribution in [0, 0.1) is 0 Å². The summed E-state index contributed by atoms with van der Waals surface area (Å²) in [6.45, 7) is 0. The monoisotopic (exact) mass is 619 g/mol. The quantitative estimate of drug-likeness (QED) is 0.146. The Morgan fingerprint density at radius 1 is 0.245 bits per heavy atom. The van der Waals surface area contributed by atoms with Crippen LogP contribution in [0.4, 0.5) is 0 Å². The van der Waals surface area contributed by atoms with E-state index in [0.717, 1.165) is 5.52 Å². The zero-order valence-electron chi connectivity index (χ0n) is 26.7. The lowest BCUT2D eigenvalue weighted by Gasteiger charge is -2.18. The van der Waals surface area contributed by atoms with Crippen LogP contribution in [-0.2, 0) is 0 Å². The minimum absolute atomic E-state index is 1.16. The number of benzene rings is 10. The predicted octanol–water partition coefficient (Wildman–Crippen LogP) is 13.6. The van der Waals surface area contributed by atoms with Gasteiger partial charge in [-0.25, -0.2) is 0 Å². The number of hydrogen-bond acceptors (Lipinski definition) is 0. The molecule has 1 N–H and O–H groups in total. The lowest BCUT2D eigenvalue weighted by atomic mass is 9.85. The molecule has 0 atom stereocenters. The molecule has 0 radical (unpaired) electrons. The van der Waals surface area contributed by atoms with Gasteiger partial charge in [0.1, 0.15) is 0 Å². The summed E-state index contributed by atoms with van der Waals surface area (Å²) in [5, 5.41) is 17.9. The van der Waals surface area contributed by atoms with Gasteiger partial charge in [-0.2, -0.15) is 0 Å². The van der Waals surface area contributed by atoms with E-state index in [0.29, 0.717) is 0 Å². The average Bonchev–Trinajstić information content (AvgIpc) is 3.52. The van der Waals surface area contributed by atoms with Gasteiger partial charge in [0.2, 0.25) is 0 Å². The van der Waals surface area contributed by atoms with Crippen LogP contribution in [0.2, 0.25) is 0 Å². The zero-order chi connectivity index (χ0) is 32.1. The van der Waals surface area contributed by atoms with E-state index in [4.69, 9.17) is 0 Å². The van der Waals surface area contributed by atoms with Gasteiger partial charge in [0.25, 0.3) is 0 Å². The van der Waals surface area contributed by atoms with Gasteiger partial charge in [-0.1, -0.05) is 146 Å². The van der Waals surface area contributed by atoms with Gasteiger partial charge in [0, 0.05) is 21.8 Å². The molecule has 1 heterocycles. The summed E-state index contributed by atoms with van der Waals surface area (Å²) in [6, 6.07) is 62.8. The van der Waals surface area contributed by atoms with E-state index < -0.39 is 0 Å². The van der Waals surface area contributed by atoms with Gasteiger partial charge in [-0.3, -0.25) is 0 Å². The van der Waals surface area contributed by atoms with Crippen molar-refractivity contribution in [2.75, 3.05) is 0 Å². The van der Waals surface area contributed by atoms with E-state index in [1.807, 2.05) is 0 Å². The van der Waals surface area contributed by atoms with E-state index >= 15 is 0 Å². The van der Waals surface area contributed by atoms with Crippen molar-refractivity contribution in [3.8, 4) is 22.3 Å². The molecule has 0 aliphatic heterocycles. The van der Waals surface area contributed by atoms with Crippen molar-refractivity contribution in [3.63, 3.8) is 0 Å². The molecule has 0 aliphatic rings. The summed E-state index contributed by atoms with van der Waals surface area (Å²) in [4.78, 5) is 3.76. The molecule has 0 bridgehead atoms. The van der Waals surface area contributed by atoms with Gasteiger partial charge in [0.05, 0.1) is 0 Å². The second kappa shape index (κ2) is 10.0. The molecule has 1 nitrogen and oxygen atoms in total. The second-order valence-corrected chi connectivity index (χ2v) is 13.3. The third-order valence-electron chi connectivity index (χ3n) is 10.7. The maximum Gasteiger partial charge on any atom is 0.0471 e. The molecule has 0 amide bonds. The first-order valence-corrected chi connectivity index (χ1v) is 17.0. The van der Waals surface area contributed by atoms with Crippen molar-refractivity contribution >= 4 is 86.4 Å². The van der Waals surface area contributed by atoms with Gasteiger partial charge < -0.3 is 4.98 Å². The van der Waals surface area contributed by atoms with Gasteiger partial charge in [0.15, 0.2) is 0 Å². The number of rotatable bonds is 2. The fourth-order valence-electron chi connectivity index (χ4n) is 8.56. The Bertz CT molecular complexity index is 3070. The molecule has 1 heteroatoms. The van der Waals surface area contributed by atoms with Crippen LogP contribution in [-0.4, -0.2) is 4.98 Å². The highest BCUT2D eigenvalue weighted by atomic mass is 14.7. The third-order valence-corrected chi connectivity index (χ3v) is 10.7. The first-order chi connectivity index (χ1) is 24.3. The Hall–Kier alpha value is -6.44. The average molecular weight is 620 g/mol. The fourth-order valence-corrected chi connectivity index (χ4v) is 8.56. The molecule has 11 rings (SSSR count). The van der Waals surface area contributed by atoms with Crippen molar-refractivity contribution in [3.05, 3.63) is 170 Å². The molecule has 1 aromatic heterocycles. The lowest BCUT2D eigenvalue weighted by molar-refractivity contribution is 1.55. The first-order valence-electron chi connectivity index (χ1n) is 17.0. The van der Waals surface area contributed by atoms with Crippen molar-refractivity contribution in [1.82, 2.24) is 4.98 Å². The summed E-state index contributed by atoms with van der Waals surface area (Å²) in [6.07, 6.45) is 0. The number of aromatic nitrogens is 1. The molecular formula is C48H29N. The third kappa shape index (κ3) is 3.82. The lowest BCUT2D eigenvalue weighted by Crippen LogP contribution is -1.91.